The summed E-state index contributed by atoms with van der Waals surface area (Å²) in [6.45, 7) is 7.41. The summed E-state index contributed by atoms with van der Waals surface area (Å²) in [4.78, 5) is 2.15. The van der Waals surface area contributed by atoms with Crippen molar-refractivity contribution in [2.75, 3.05) is 13.6 Å². The van der Waals surface area contributed by atoms with Crippen LogP contribution in [0.5, 0.6) is 0 Å². The Labute approximate surface area is 99.5 Å². The largest absolute Gasteiger partial charge is 0.409 e. The summed E-state index contributed by atoms with van der Waals surface area (Å²) in [5.41, 5.74) is 5.59. The van der Waals surface area contributed by atoms with Gasteiger partial charge in [-0.3, -0.25) is 4.90 Å². The summed E-state index contributed by atoms with van der Waals surface area (Å²) in [6, 6.07) is 0.000626. The maximum atomic E-state index is 8.62. The molecule has 2 atom stereocenters. The third kappa shape index (κ3) is 5.35. The molecule has 0 saturated heterocycles. The molecule has 0 bridgehead atoms. The Hall–Kier alpha value is -0.770. The third-order valence-corrected chi connectivity index (χ3v) is 3.29. The highest BCUT2D eigenvalue weighted by Crippen LogP contribution is 2.14. The molecule has 0 aliphatic rings. The van der Waals surface area contributed by atoms with Crippen molar-refractivity contribution in [3.8, 4) is 0 Å². The maximum absolute atomic E-state index is 8.62. The zero-order valence-electron chi connectivity index (χ0n) is 11.1. The molecule has 2 unspecified atom stereocenters. The number of amidine groups is 1. The number of hydrogen-bond acceptors (Lipinski definition) is 3. The van der Waals surface area contributed by atoms with E-state index < -0.39 is 0 Å². The van der Waals surface area contributed by atoms with Crippen LogP contribution in [0.2, 0.25) is 0 Å². The lowest BCUT2D eigenvalue weighted by molar-refractivity contribution is 0.236. The van der Waals surface area contributed by atoms with Crippen LogP contribution in [-0.2, 0) is 0 Å². The topological polar surface area (TPSA) is 61.8 Å². The quantitative estimate of drug-likeness (QED) is 0.290. The summed E-state index contributed by atoms with van der Waals surface area (Å²) in [5.74, 6) is 0.992. The molecule has 0 aliphatic carbocycles. The molecule has 0 spiro atoms. The fourth-order valence-electron chi connectivity index (χ4n) is 1.79. The van der Waals surface area contributed by atoms with Gasteiger partial charge >= 0.3 is 0 Å². The van der Waals surface area contributed by atoms with Gasteiger partial charge in [0.1, 0.15) is 0 Å². The van der Waals surface area contributed by atoms with Gasteiger partial charge in [0.05, 0.1) is 6.04 Å². The molecule has 0 saturated carbocycles. The van der Waals surface area contributed by atoms with Crippen LogP contribution in [0.1, 0.15) is 46.5 Å². The first-order valence-corrected chi connectivity index (χ1v) is 6.24. The molecule has 0 aliphatic heterocycles. The van der Waals surface area contributed by atoms with Gasteiger partial charge in [-0.1, -0.05) is 38.3 Å². The minimum Gasteiger partial charge on any atom is -0.409 e. The summed E-state index contributed by atoms with van der Waals surface area (Å²) in [6.07, 6.45) is 4.98. The molecule has 0 fully saturated rings. The average Bonchev–Trinajstić information content (AvgIpc) is 2.31. The summed E-state index contributed by atoms with van der Waals surface area (Å²) < 4.78 is 0. The molecule has 0 aromatic carbocycles. The molecule has 0 radical (unpaired) electrons. The van der Waals surface area contributed by atoms with Crippen LogP contribution in [0.25, 0.3) is 0 Å². The molecule has 16 heavy (non-hydrogen) atoms. The molecule has 3 N–H and O–H groups in total. The lowest BCUT2D eigenvalue weighted by Crippen LogP contribution is -2.42. The molecule has 0 aromatic heterocycles. The van der Waals surface area contributed by atoms with Gasteiger partial charge in [-0.2, -0.15) is 0 Å². The van der Waals surface area contributed by atoms with Gasteiger partial charge < -0.3 is 10.9 Å². The lowest BCUT2D eigenvalue weighted by atomic mass is 9.98. The fraction of sp³-hybridized carbons (Fsp3) is 0.917. The Bertz CT molecular complexity index is 206. The first kappa shape index (κ1) is 15.2. The standard InChI is InChI=1S/C12H27N3O/c1-5-7-8-11(6-2)9-15(4)10(3)12(13)14-16/h10-11,16H,5-9H2,1-4H3,(H2,13,14). The van der Waals surface area contributed by atoms with E-state index in [2.05, 4.69) is 23.9 Å². The van der Waals surface area contributed by atoms with E-state index in [0.717, 1.165) is 6.54 Å². The highest BCUT2D eigenvalue weighted by molar-refractivity contribution is 5.84. The second-order valence-corrected chi connectivity index (χ2v) is 4.56. The van der Waals surface area contributed by atoms with Crippen LogP contribution in [-0.4, -0.2) is 35.6 Å². The molecular formula is C12H27N3O. The fourth-order valence-corrected chi connectivity index (χ4v) is 1.79. The van der Waals surface area contributed by atoms with Gasteiger partial charge in [-0.05, 0) is 26.3 Å². The molecule has 0 amide bonds. The summed E-state index contributed by atoms with van der Waals surface area (Å²) in [7, 11) is 2.03. The Morgan fingerprint density at radius 2 is 2.06 bits per heavy atom. The van der Waals surface area contributed by atoms with Crippen LogP contribution < -0.4 is 5.73 Å². The van der Waals surface area contributed by atoms with Crippen molar-refractivity contribution in [1.29, 1.82) is 0 Å². The SMILES string of the molecule is CCCCC(CC)CN(C)C(C)C(N)=NO. The molecule has 0 heterocycles. The number of rotatable bonds is 8. The first-order chi connectivity index (χ1) is 7.56. The van der Waals surface area contributed by atoms with Crippen LogP contribution in [0.4, 0.5) is 0 Å². The Morgan fingerprint density at radius 1 is 1.44 bits per heavy atom. The van der Waals surface area contributed by atoms with E-state index in [0.29, 0.717) is 5.92 Å². The predicted molar refractivity (Wildman–Crippen MR) is 68.8 cm³/mol. The van der Waals surface area contributed by atoms with Gasteiger partial charge in [0, 0.05) is 6.54 Å². The van der Waals surface area contributed by atoms with Gasteiger partial charge in [-0.25, -0.2) is 0 Å². The summed E-state index contributed by atoms with van der Waals surface area (Å²) in [5, 5.41) is 11.7. The van der Waals surface area contributed by atoms with Gasteiger partial charge in [0.2, 0.25) is 0 Å². The molecule has 0 aromatic rings. The average molecular weight is 229 g/mol. The van der Waals surface area contributed by atoms with Gasteiger partial charge in [0.15, 0.2) is 5.84 Å². The molecule has 96 valence electrons. The number of nitrogens with zero attached hydrogens (tertiary/aromatic N) is 2. The minimum absolute atomic E-state index is 0.000626. The minimum atomic E-state index is 0.000626. The number of hydrogen-bond donors (Lipinski definition) is 2. The smallest absolute Gasteiger partial charge is 0.156 e. The van der Waals surface area contributed by atoms with E-state index in [1.807, 2.05) is 14.0 Å². The number of nitrogens with two attached hydrogens (primary N) is 1. The van der Waals surface area contributed by atoms with Crippen molar-refractivity contribution in [2.45, 2.75) is 52.5 Å². The Morgan fingerprint density at radius 3 is 2.50 bits per heavy atom. The number of unbranched alkanes of at least 4 members (excludes halogenated alkanes) is 1. The van der Waals surface area contributed by atoms with E-state index in [1.54, 1.807) is 0 Å². The van der Waals surface area contributed by atoms with Gasteiger partial charge in [0.25, 0.3) is 0 Å². The zero-order chi connectivity index (χ0) is 12.6. The van der Waals surface area contributed by atoms with Crippen molar-refractivity contribution in [1.82, 2.24) is 4.90 Å². The van der Waals surface area contributed by atoms with Crippen LogP contribution in [0.3, 0.4) is 0 Å². The van der Waals surface area contributed by atoms with Crippen molar-refractivity contribution in [3.05, 3.63) is 0 Å². The normalized spacial score (nSPS) is 16.4. The predicted octanol–water partition coefficient (Wildman–Crippen LogP) is 2.27. The van der Waals surface area contributed by atoms with Crippen LogP contribution in [0, 0.1) is 5.92 Å². The maximum Gasteiger partial charge on any atom is 0.156 e. The van der Waals surface area contributed by atoms with E-state index in [9.17, 15) is 0 Å². The van der Waals surface area contributed by atoms with Crippen molar-refractivity contribution in [3.63, 3.8) is 0 Å². The second-order valence-electron chi connectivity index (χ2n) is 4.56. The van der Waals surface area contributed by atoms with Crippen molar-refractivity contribution < 1.29 is 5.21 Å². The zero-order valence-corrected chi connectivity index (χ0v) is 11.1. The highest BCUT2D eigenvalue weighted by Gasteiger charge is 2.17. The highest BCUT2D eigenvalue weighted by atomic mass is 16.4. The lowest BCUT2D eigenvalue weighted by Gasteiger charge is -2.27. The molecule has 4 heteroatoms. The van der Waals surface area contributed by atoms with E-state index in [1.165, 1.54) is 25.7 Å². The monoisotopic (exact) mass is 229 g/mol. The van der Waals surface area contributed by atoms with Gasteiger partial charge in [-0.15, -0.1) is 0 Å². The van der Waals surface area contributed by atoms with Crippen LogP contribution >= 0.6 is 0 Å². The molecule has 0 rings (SSSR count). The van der Waals surface area contributed by atoms with E-state index >= 15 is 0 Å². The Kier molecular flexibility index (Phi) is 7.99. The third-order valence-electron chi connectivity index (χ3n) is 3.29. The number of oxime groups is 1. The second kappa shape index (κ2) is 8.39. The van der Waals surface area contributed by atoms with Crippen molar-refractivity contribution in [2.24, 2.45) is 16.8 Å². The summed E-state index contributed by atoms with van der Waals surface area (Å²) >= 11 is 0. The van der Waals surface area contributed by atoms with Crippen LogP contribution in [0.15, 0.2) is 5.16 Å². The first-order valence-electron chi connectivity index (χ1n) is 6.24. The number of likely N-dealkylation sites (N-methyl/N-ethyl adjacent to an activating group) is 1. The molecule has 4 nitrogen and oxygen atoms in total. The Balaban J connectivity index is 4.13. The van der Waals surface area contributed by atoms with E-state index in [4.69, 9.17) is 10.9 Å². The van der Waals surface area contributed by atoms with Crippen molar-refractivity contribution >= 4 is 5.84 Å². The van der Waals surface area contributed by atoms with E-state index in [-0.39, 0.29) is 11.9 Å². The molecular weight excluding hydrogens is 202 g/mol.